The molecule has 7 nitrogen and oxygen atoms in total. The van der Waals surface area contributed by atoms with Crippen LogP contribution < -0.4 is 9.64 Å². The molecular formula is C23H29N3O4S2. The predicted octanol–water partition coefficient (Wildman–Crippen LogP) is 3.76. The maximum atomic E-state index is 13.3. The first kappa shape index (κ1) is 24.2. The SMILES string of the molecule is CCN(CC)CCN(C(=O)CS(=O)(=O)c1ccc(OC)cc1)c1nc2c(C)cccc2s1. The Hall–Kier alpha value is -2.49. The molecule has 0 fully saturated rings. The van der Waals surface area contributed by atoms with Gasteiger partial charge in [-0.2, -0.15) is 0 Å². The van der Waals surface area contributed by atoms with Crippen molar-refractivity contribution in [2.75, 3.05) is 43.9 Å². The number of amides is 1. The van der Waals surface area contributed by atoms with Gasteiger partial charge in [0.1, 0.15) is 11.5 Å². The van der Waals surface area contributed by atoms with Gasteiger partial charge in [-0.3, -0.25) is 9.69 Å². The number of carbonyl (C=O) groups is 1. The number of benzene rings is 2. The van der Waals surface area contributed by atoms with E-state index >= 15 is 0 Å². The minimum Gasteiger partial charge on any atom is -0.497 e. The molecule has 1 amide bonds. The Morgan fingerprint density at radius 1 is 1.06 bits per heavy atom. The Kier molecular flexibility index (Phi) is 7.86. The number of methoxy groups -OCH3 is 1. The molecule has 0 saturated carbocycles. The molecule has 32 heavy (non-hydrogen) atoms. The zero-order chi connectivity index (χ0) is 23.3. The lowest BCUT2D eigenvalue weighted by Gasteiger charge is -2.24. The second kappa shape index (κ2) is 10.4. The van der Waals surface area contributed by atoms with Crippen LogP contribution in [0.2, 0.25) is 0 Å². The van der Waals surface area contributed by atoms with Gasteiger partial charge in [-0.1, -0.05) is 37.3 Å². The zero-order valence-electron chi connectivity index (χ0n) is 18.9. The van der Waals surface area contributed by atoms with Gasteiger partial charge in [0.2, 0.25) is 5.91 Å². The summed E-state index contributed by atoms with van der Waals surface area (Å²) in [5.74, 6) is -0.544. The summed E-state index contributed by atoms with van der Waals surface area (Å²) < 4.78 is 31.9. The van der Waals surface area contributed by atoms with Crippen LogP contribution in [0.25, 0.3) is 10.2 Å². The number of likely N-dealkylation sites (N-methyl/N-ethyl adjacent to an activating group) is 1. The molecule has 172 valence electrons. The van der Waals surface area contributed by atoms with Crippen LogP contribution in [0.3, 0.4) is 0 Å². The van der Waals surface area contributed by atoms with Crippen LogP contribution in [0.15, 0.2) is 47.4 Å². The second-order valence-electron chi connectivity index (χ2n) is 7.42. The molecule has 0 aliphatic carbocycles. The average Bonchev–Trinajstić information content (AvgIpc) is 3.21. The number of aryl methyl sites for hydroxylation is 1. The van der Waals surface area contributed by atoms with E-state index in [1.54, 1.807) is 12.1 Å². The number of aromatic nitrogens is 1. The Morgan fingerprint density at radius 3 is 2.34 bits per heavy atom. The van der Waals surface area contributed by atoms with Gasteiger partial charge < -0.3 is 9.64 Å². The molecule has 0 aliphatic rings. The lowest BCUT2D eigenvalue weighted by atomic mass is 10.2. The highest BCUT2D eigenvalue weighted by Crippen LogP contribution is 2.31. The number of thiazole rings is 1. The largest absolute Gasteiger partial charge is 0.497 e. The van der Waals surface area contributed by atoms with Crippen LogP contribution in [-0.2, 0) is 14.6 Å². The summed E-state index contributed by atoms with van der Waals surface area (Å²) in [6.45, 7) is 8.80. The molecule has 3 rings (SSSR count). The van der Waals surface area contributed by atoms with E-state index in [-0.39, 0.29) is 4.90 Å². The van der Waals surface area contributed by atoms with Crippen LogP contribution in [0.5, 0.6) is 5.75 Å². The number of hydrogen-bond donors (Lipinski definition) is 0. The number of sulfone groups is 1. The van der Waals surface area contributed by atoms with Gasteiger partial charge in [0, 0.05) is 13.1 Å². The van der Waals surface area contributed by atoms with E-state index in [1.165, 1.54) is 35.5 Å². The van der Waals surface area contributed by atoms with Crippen LogP contribution in [0, 0.1) is 6.92 Å². The highest BCUT2D eigenvalue weighted by Gasteiger charge is 2.27. The van der Waals surface area contributed by atoms with Crippen molar-refractivity contribution in [3.8, 4) is 5.75 Å². The third-order valence-electron chi connectivity index (χ3n) is 5.41. The van der Waals surface area contributed by atoms with Crippen molar-refractivity contribution >= 4 is 42.4 Å². The van der Waals surface area contributed by atoms with Crippen molar-refractivity contribution in [3.63, 3.8) is 0 Å². The van der Waals surface area contributed by atoms with Crippen LogP contribution in [0.4, 0.5) is 5.13 Å². The second-order valence-corrected chi connectivity index (χ2v) is 10.4. The molecule has 1 aromatic heterocycles. The molecule has 0 spiro atoms. The maximum absolute atomic E-state index is 13.3. The number of carbonyl (C=O) groups excluding carboxylic acids is 1. The summed E-state index contributed by atoms with van der Waals surface area (Å²) in [7, 11) is -2.29. The standard InChI is InChI=1S/C23H29N3O4S2/c1-5-25(6-2)14-15-26(23-24-22-17(3)8-7-9-20(22)31-23)21(27)16-32(28,29)19-12-10-18(30-4)11-13-19/h7-13H,5-6,14-16H2,1-4H3. The zero-order valence-corrected chi connectivity index (χ0v) is 20.5. The Bertz CT molecular complexity index is 1170. The number of nitrogens with zero attached hydrogens (tertiary/aromatic N) is 3. The summed E-state index contributed by atoms with van der Waals surface area (Å²) in [5, 5.41) is 0.524. The van der Waals surface area contributed by atoms with Gasteiger partial charge in [-0.25, -0.2) is 13.4 Å². The van der Waals surface area contributed by atoms with E-state index in [2.05, 4.69) is 23.7 Å². The lowest BCUT2D eigenvalue weighted by Crippen LogP contribution is -2.41. The molecule has 0 atom stereocenters. The minimum atomic E-state index is -3.81. The fourth-order valence-electron chi connectivity index (χ4n) is 3.41. The summed E-state index contributed by atoms with van der Waals surface area (Å²) in [6, 6.07) is 12.0. The molecule has 9 heteroatoms. The molecule has 1 heterocycles. The van der Waals surface area contributed by atoms with Gasteiger partial charge >= 0.3 is 0 Å². The third kappa shape index (κ3) is 5.46. The van der Waals surface area contributed by atoms with Crippen molar-refractivity contribution in [2.45, 2.75) is 25.7 Å². The van der Waals surface area contributed by atoms with E-state index in [0.717, 1.165) is 28.9 Å². The molecule has 2 aromatic carbocycles. The topological polar surface area (TPSA) is 79.8 Å². The molecule has 0 bridgehead atoms. The first-order valence-corrected chi connectivity index (χ1v) is 13.0. The quantitative estimate of drug-likeness (QED) is 0.444. The van der Waals surface area contributed by atoms with E-state index in [4.69, 9.17) is 4.74 Å². The number of fused-ring (bicyclic) bond motifs is 1. The Morgan fingerprint density at radius 2 is 1.75 bits per heavy atom. The molecule has 3 aromatic rings. The van der Waals surface area contributed by atoms with Gasteiger partial charge in [-0.05, 0) is 55.9 Å². The number of rotatable bonds is 10. The summed E-state index contributed by atoms with van der Waals surface area (Å²) in [4.78, 5) is 21.8. The van der Waals surface area contributed by atoms with Crippen LogP contribution >= 0.6 is 11.3 Å². The van der Waals surface area contributed by atoms with Crippen LogP contribution in [-0.4, -0.2) is 63.3 Å². The highest BCUT2D eigenvalue weighted by atomic mass is 32.2. The summed E-state index contributed by atoms with van der Waals surface area (Å²) in [5.41, 5.74) is 1.86. The smallest absolute Gasteiger partial charge is 0.244 e. The van der Waals surface area contributed by atoms with Crippen molar-refractivity contribution in [1.82, 2.24) is 9.88 Å². The average molecular weight is 476 g/mol. The van der Waals surface area contributed by atoms with Crippen molar-refractivity contribution < 1.29 is 17.9 Å². The maximum Gasteiger partial charge on any atom is 0.244 e. The van der Waals surface area contributed by atoms with E-state index in [9.17, 15) is 13.2 Å². The first-order chi connectivity index (χ1) is 15.3. The lowest BCUT2D eigenvalue weighted by molar-refractivity contribution is -0.116. The van der Waals surface area contributed by atoms with Gasteiger partial charge in [0.05, 0.1) is 22.2 Å². The Balaban J connectivity index is 1.90. The Labute approximate surface area is 193 Å². The van der Waals surface area contributed by atoms with Crippen molar-refractivity contribution in [3.05, 3.63) is 48.0 Å². The summed E-state index contributed by atoms with van der Waals surface area (Å²) in [6.07, 6.45) is 0. The number of ether oxygens (including phenoxy) is 1. The van der Waals surface area contributed by atoms with Gasteiger partial charge in [0.15, 0.2) is 15.0 Å². The highest BCUT2D eigenvalue weighted by molar-refractivity contribution is 7.92. The third-order valence-corrected chi connectivity index (χ3v) is 8.07. The van der Waals surface area contributed by atoms with Gasteiger partial charge in [-0.15, -0.1) is 0 Å². The molecular weight excluding hydrogens is 446 g/mol. The number of hydrogen-bond acceptors (Lipinski definition) is 7. The molecule has 0 unspecified atom stereocenters. The molecule has 0 radical (unpaired) electrons. The molecule has 0 saturated heterocycles. The van der Waals surface area contributed by atoms with Crippen molar-refractivity contribution in [2.24, 2.45) is 0 Å². The first-order valence-electron chi connectivity index (χ1n) is 10.5. The fraction of sp³-hybridized carbons (Fsp3) is 0.391. The fourth-order valence-corrected chi connectivity index (χ4v) is 5.69. The molecule has 0 N–H and O–H groups in total. The monoisotopic (exact) mass is 475 g/mol. The van der Waals surface area contributed by atoms with Crippen molar-refractivity contribution in [1.29, 1.82) is 0 Å². The van der Waals surface area contributed by atoms with Gasteiger partial charge in [0.25, 0.3) is 0 Å². The summed E-state index contributed by atoms with van der Waals surface area (Å²) >= 11 is 1.41. The minimum absolute atomic E-state index is 0.0930. The molecule has 0 aliphatic heterocycles. The van der Waals surface area contributed by atoms with E-state index < -0.39 is 21.5 Å². The van der Waals surface area contributed by atoms with Crippen LogP contribution in [0.1, 0.15) is 19.4 Å². The number of para-hydroxylation sites is 1. The number of anilines is 1. The normalized spacial score (nSPS) is 11.8. The van der Waals surface area contributed by atoms with E-state index in [0.29, 0.717) is 24.0 Å². The van der Waals surface area contributed by atoms with E-state index in [1.807, 2.05) is 25.1 Å². The predicted molar refractivity (Wildman–Crippen MR) is 130 cm³/mol.